The SMILES string of the molecule is O=S(=O)(OCCN(CC1CCc2[nH]c3ccccc3c2C1)S(=O)(=O)c1ccccc1)c1ccccc1. The highest BCUT2D eigenvalue weighted by atomic mass is 32.2. The molecule has 1 heterocycles. The number of rotatable bonds is 9. The first-order valence-corrected chi connectivity index (χ1v) is 14.8. The summed E-state index contributed by atoms with van der Waals surface area (Å²) in [6.07, 6.45) is 2.43. The van der Waals surface area contributed by atoms with Gasteiger partial charge in [0.25, 0.3) is 10.1 Å². The number of nitrogens with zero attached hydrogens (tertiary/aromatic N) is 1. The van der Waals surface area contributed by atoms with E-state index in [1.807, 2.05) is 12.1 Å². The van der Waals surface area contributed by atoms with Gasteiger partial charge in [0.05, 0.1) is 16.4 Å². The second-order valence-electron chi connectivity index (χ2n) is 9.00. The van der Waals surface area contributed by atoms with Crippen LogP contribution >= 0.6 is 0 Å². The third-order valence-corrected chi connectivity index (χ3v) is 9.86. The number of benzene rings is 3. The van der Waals surface area contributed by atoms with E-state index in [0.29, 0.717) is 0 Å². The molecule has 5 rings (SSSR count). The molecule has 0 fully saturated rings. The van der Waals surface area contributed by atoms with Crippen molar-refractivity contribution in [1.82, 2.24) is 9.29 Å². The Labute approximate surface area is 211 Å². The molecule has 4 aromatic rings. The number of nitrogens with one attached hydrogen (secondary N) is 1. The first-order valence-electron chi connectivity index (χ1n) is 11.9. The minimum absolute atomic E-state index is 0.0432. The zero-order valence-electron chi connectivity index (χ0n) is 19.7. The van der Waals surface area contributed by atoms with Gasteiger partial charge in [0.2, 0.25) is 10.0 Å². The fourth-order valence-corrected chi connectivity index (χ4v) is 7.28. The third kappa shape index (κ3) is 5.10. The molecule has 188 valence electrons. The van der Waals surface area contributed by atoms with Crippen LogP contribution in [0.3, 0.4) is 0 Å². The Hall–Kier alpha value is -2.98. The molecular formula is C27H28N2O5S2. The molecule has 1 aliphatic carbocycles. The number of sulfonamides is 1. The van der Waals surface area contributed by atoms with E-state index in [-0.39, 0.29) is 35.4 Å². The van der Waals surface area contributed by atoms with Gasteiger partial charge in [-0.15, -0.1) is 0 Å². The molecule has 0 amide bonds. The Morgan fingerprint density at radius 2 is 1.47 bits per heavy atom. The van der Waals surface area contributed by atoms with Crippen molar-refractivity contribution in [3.05, 3.63) is 96.2 Å². The lowest BCUT2D eigenvalue weighted by Crippen LogP contribution is -2.39. The van der Waals surface area contributed by atoms with Crippen molar-refractivity contribution < 1.29 is 21.0 Å². The van der Waals surface area contributed by atoms with Crippen LogP contribution in [0.2, 0.25) is 0 Å². The van der Waals surface area contributed by atoms with Gasteiger partial charge in [-0.25, -0.2) is 8.42 Å². The predicted molar refractivity (Wildman–Crippen MR) is 139 cm³/mol. The van der Waals surface area contributed by atoms with Crippen molar-refractivity contribution in [1.29, 1.82) is 0 Å². The van der Waals surface area contributed by atoms with Crippen molar-refractivity contribution in [2.75, 3.05) is 19.7 Å². The van der Waals surface area contributed by atoms with Gasteiger partial charge in [0, 0.05) is 29.7 Å². The van der Waals surface area contributed by atoms with E-state index in [0.717, 1.165) is 24.8 Å². The van der Waals surface area contributed by atoms with Crippen molar-refractivity contribution in [3.63, 3.8) is 0 Å². The highest BCUT2D eigenvalue weighted by molar-refractivity contribution is 7.89. The van der Waals surface area contributed by atoms with Crippen LogP contribution in [-0.2, 0) is 37.2 Å². The molecule has 1 unspecified atom stereocenters. The molecule has 3 aromatic carbocycles. The van der Waals surface area contributed by atoms with E-state index in [1.54, 1.807) is 48.5 Å². The topological polar surface area (TPSA) is 96.5 Å². The molecule has 1 aromatic heterocycles. The van der Waals surface area contributed by atoms with E-state index in [1.165, 1.54) is 33.1 Å². The van der Waals surface area contributed by atoms with Gasteiger partial charge in [-0.05, 0) is 61.1 Å². The maximum absolute atomic E-state index is 13.6. The summed E-state index contributed by atoms with van der Waals surface area (Å²) < 4.78 is 58.8. The van der Waals surface area contributed by atoms with Crippen LogP contribution in [0.4, 0.5) is 0 Å². The van der Waals surface area contributed by atoms with Gasteiger partial charge in [-0.3, -0.25) is 4.18 Å². The number of aromatic nitrogens is 1. The summed E-state index contributed by atoms with van der Waals surface area (Å²) in [6, 6.07) is 24.3. The molecule has 1 atom stereocenters. The smallest absolute Gasteiger partial charge is 0.297 e. The molecule has 0 saturated heterocycles. The summed E-state index contributed by atoms with van der Waals surface area (Å²) in [5.74, 6) is 0.0981. The lowest BCUT2D eigenvalue weighted by molar-refractivity contribution is 0.252. The fraction of sp³-hybridized carbons (Fsp3) is 0.259. The molecule has 36 heavy (non-hydrogen) atoms. The average Bonchev–Trinajstić information content (AvgIpc) is 3.27. The Morgan fingerprint density at radius 1 is 0.833 bits per heavy atom. The van der Waals surface area contributed by atoms with Gasteiger partial charge >= 0.3 is 0 Å². The zero-order chi connectivity index (χ0) is 25.2. The molecule has 0 saturated carbocycles. The minimum Gasteiger partial charge on any atom is -0.358 e. The molecular weight excluding hydrogens is 496 g/mol. The lowest BCUT2D eigenvalue weighted by Gasteiger charge is -2.29. The normalized spacial score (nSPS) is 16.3. The molecule has 1 N–H and O–H groups in total. The number of fused-ring (bicyclic) bond motifs is 3. The molecule has 7 nitrogen and oxygen atoms in total. The fourth-order valence-electron chi connectivity index (χ4n) is 4.84. The van der Waals surface area contributed by atoms with Crippen LogP contribution in [0.15, 0.2) is 94.7 Å². The molecule has 1 aliphatic rings. The first kappa shape index (κ1) is 24.7. The standard InChI is InChI=1S/C27H28N2O5S2/c30-35(31,22-9-3-1-4-10-22)29(17-18-34-36(32,33)23-11-5-2-6-12-23)20-21-15-16-27-25(19-21)24-13-7-8-14-26(24)28-27/h1-14,21,28H,15-20H2. The van der Waals surface area contributed by atoms with Crippen molar-refractivity contribution >= 4 is 31.0 Å². The first-order chi connectivity index (χ1) is 17.3. The summed E-state index contributed by atoms with van der Waals surface area (Å²) in [7, 11) is -7.82. The number of para-hydroxylation sites is 1. The van der Waals surface area contributed by atoms with Crippen molar-refractivity contribution in [2.45, 2.75) is 29.1 Å². The molecule has 0 aliphatic heterocycles. The summed E-state index contributed by atoms with van der Waals surface area (Å²) in [6.45, 7) is -0.0558. The Bertz CT molecular complexity index is 1550. The van der Waals surface area contributed by atoms with Crippen LogP contribution in [0.25, 0.3) is 10.9 Å². The summed E-state index contributed by atoms with van der Waals surface area (Å²) >= 11 is 0. The number of aryl methyl sites for hydroxylation is 1. The second-order valence-corrected chi connectivity index (χ2v) is 12.6. The van der Waals surface area contributed by atoms with Gasteiger partial charge in [0.1, 0.15) is 0 Å². The van der Waals surface area contributed by atoms with Gasteiger partial charge < -0.3 is 4.98 Å². The highest BCUT2D eigenvalue weighted by Gasteiger charge is 2.30. The Balaban J connectivity index is 1.36. The van der Waals surface area contributed by atoms with Crippen LogP contribution in [0, 0.1) is 5.92 Å². The second kappa shape index (κ2) is 10.2. The zero-order valence-corrected chi connectivity index (χ0v) is 21.3. The van der Waals surface area contributed by atoms with Gasteiger partial charge in [-0.2, -0.15) is 12.7 Å². The molecule has 0 radical (unpaired) electrons. The van der Waals surface area contributed by atoms with Gasteiger partial charge in [0.15, 0.2) is 0 Å². The van der Waals surface area contributed by atoms with E-state index >= 15 is 0 Å². The summed E-state index contributed by atoms with van der Waals surface area (Å²) in [5.41, 5.74) is 3.54. The Morgan fingerprint density at radius 3 is 2.19 bits per heavy atom. The van der Waals surface area contributed by atoms with E-state index in [2.05, 4.69) is 17.1 Å². The van der Waals surface area contributed by atoms with Crippen molar-refractivity contribution in [2.24, 2.45) is 5.92 Å². The average molecular weight is 525 g/mol. The minimum atomic E-state index is -3.98. The lowest BCUT2D eigenvalue weighted by atomic mass is 9.86. The molecule has 0 spiro atoms. The van der Waals surface area contributed by atoms with E-state index < -0.39 is 20.1 Å². The Kier molecular flexibility index (Phi) is 6.98. The molecule has 9 heteroatoms. The monoisotopic (exact) mass is 524 g/mol. The maximum Gasteiger partial charge on any atom is 0.297 e. The predicted octanol–water partition coefficient (Wildman–Crippen LogP) is 4.37. The van der Waals surface area contributed by atoms with E-state index in [9.17, 15) is 16.8 Å². The van der Waals surface area contributed by atoms with Crippen molar-refractivity contribution in [3.8, 4) is 0 Å². The maximum atomic E-state index is 13.6. The van der Waals surface area contributed by atoms with Crippen LogP contribution < -0.4 is 0 Å². The number of H-pyrrole nitrogens is 1. The highest BCUT2D eigenvalue weighted by Crippen LogP contribution is 2.33. The number of hydrogen-bond donors (Lipinski definition) is 1. The van der Waals surface area contributed by atoms with Crippen LogP contribution in [0.5, 0.6) is 0 Å². The van der Waals surface area contributed by atoms with Crippen LogP contribution in [-0.4, -0.2) is 45.8 Å². The number of aromatic amines is 1. The quantitative estimate of drug-likeness (QED) is 0.328. The number of hydrogen-bond acceptors (Lipinski definition) is 5. The third-order valence-electron chi connectivity index (χ3n) is 6.65. The molecule has 0 bridgehead atoms. The summed E-state index contributed by atoms with van der Waals surface area (Å²) in [5, 5.41) is 1.17. The van der Waals surface area contributed by atoms with E-state index in [4.69, 9.17) is 4.18 Å². The largest absolute Gasteiger partial charge is 0.358 e. The summed E-state index contributed by atoms with van der Waals surface area (Å²) in [4.78, 5) is 3.72. The van der Waals surface area contributed by atoms with Crippen LogP contribution in [0.1, 0.15) is 17.7 Å². The van der Waals surface area contributed by atoms with Gasteiger partial charge in [-0.1, -0.05) is 54.6 Å².